The topological polar surface area (TPSA) is 116 Å². The third-order valence-corrected chi connectivity index (χ3v) is 6.38. The van der Waals surface area contributed by atoms with E-state index in [1.807, 2.05) is 29.2 Å². The Morgan fingerprint density at radius 1 is 1.00 bits per heavy atom. The lowest BCUT2D eigenvalue weighted by Gasteiger charge is -2.31. The number of aromatic hydroxyl groups is 1. The molecule has 0 spiro atoms. The number of para-hydroxylation sites is 1. The van der Waals surface area contributed by atoms with Crippen LogP contribution in [-0.4, -0.2) is 38.6 Å². The van der Waals surface area contributed by atoms with Crippen molar-refractivity contribution in [2.24, 2.45) is 0 Å². The maximum Gasteiger partial charge on any atom is 0.354 e. The van der Waals surface area contributed by atoms with E-state index < -0.39 is 5.97 Å². The average Bonchev–Trinajstić information content (AvgIpc) is 3.21. The van der Waals surface area contributed by atoms with Gasteiger partial charge in [-0.1, -0.05) is 29.5 Å². The van der Waals surface area contributed by atoms with Crippen LogP contribution in [0.2, 0.25) is 0 Å². The molecular weight excluding hydrogens is 428 g/mol. The van der Waals surface area contributed by atoms with Gasteiger partial charge in [0.05, 0.1) is 10.2 Å². The van der Waals surface area contributed by atoms with E-state index in [4.69, 9.17) is 0 Å². The predicted octanol–water partition coefficient (Wildman–Crippen LogP) is 3.91. The lowest BCUT2D eigenvalue weighted by atomic mass is 9.93. The highest BCUT2D eigenvalue weighted by Gasteiger charge is 2.26. The molecule has 5 rings (SSSR count). The first kappa shape index (κ1) is 20.0. The highest BCUT2D eigenvalue weighted by Crippen LogP contribution is 2.33. The van der Waals surface area contributed by atoms with Gasteiger partial charge in [-0.25, -0.2) is 14.8 Å². The molecule has 4 aromatic rings. The van der Waals surface area contributed by atoms with Crippen LogP contribution < -0.4 is 10.2 Å². The summed E-state index contributed by atoms with van der Waals surface area (Å²) < 4.78 is 0.978. The first-order valence-electron chi connectivity index (χ1n) is 9.95. The van der Waals surface area contributed by atoms with Crippen molar-refractivity contribution in [1.29, 1.82) is 0 Å². The SMILES string of the molecule is O=C(O)c1cccc(N2CCc3c(O)ccc(C(=O)Nc4nc5ccccc5s4)c3C2)n1. The number of nitrogens with one attached hydrogen (secondary N) is 1. The summed E-state index contributed by atoms with van der Waals surface area (Å²) in [6, 6.07) is 15.6. The number of nitrogens with zero attached hydrogens (tertiary/aromatic N) is 3. The largest absolute Gasteiger partial charge is 0.508 e. The third-order valence-electron chi connectivity index (χ3n) is 5.42. The third kappa shape index (κ3) is 3.63. The van der Waals surface area contributed by atoms with Gasteiger partial charge in [-0.2, -0.15) is 0 Å². The molecule has 0 fully saturated rings. The van der Waals surface area contributed by atoms with E-state index in [-0.39, 0.29) is 17.4 Å². The molecular formula is C23H18N4O4S. The summed E-state index contributed by atoms with van der Waals surface area (Å²) in [6.45, 7) is 0.863. The summed E-state index contributed by atoms with van der Waals surface area (Å²) in [7, 11) is 0. The smallest absolute Gasteiger partial charge is 0.354 e. The van der Waals surface area contributed by atoms with Crippen molar-refractivity contribution in [3.05, 3.63) is 77.0 Å². The first-order valence-corrected chi connectivity index (χ1v) is 10.8. The number of carboxylic acid groups (broad SMARTS) is 1. The Kier molecular flexibility index (Phi) is 4.95. The van der Waals surface area contributed by atoms with Crippen LogP contribution in [0.1, 0.15) is 32.0 Å². The average molecular weight is 446 g/mol. The Labute approximate surface area is 186 Å². The summed E-state index contributed by atoms with van der Waals surface area (Å²) in [6.07, 6.45) is 0.502. The van der Waals surface area contributed by atoms with Crippen LogP contribution in [0.3, 0.4) is 0 Å². The molecule has 0 radical (unpaired) electrons. The molecule has 1 aliphatic rings. The van der Waals surface area contributed by atoms with Gasteiger partial charge in [-0.15, -0.1) is 0 Å². The maximum absolute atomic E-state index is 13.1. The van der Waals surface area contributed by atoms with Crippen molar-refractivity contribution in [1.82, 2.24) is 9.97 Å². The minimum atomic E-state index is -1.10. The molecule has 1 amide bonds. The molecule has 3 N–H and O–H groups in total. The predicted molar refractivity (Wildman–Crippen MR) is 122 cm³/mol. The number of aromatic carboxylic acids is 1. The Morgan fingerprint density at radius 3 is 2.66 bits per heavy atom. The number of anilines is 2. The van der Waals surface area contributed by atoms with Crippen LogP contribution in [0.4, 0.5) is 10.9 Å². The molecule has 0 saturated heterocycles. The molecule has 8 nitrogen and oxygen atoms in total. The van der Waals surface area contributed by atoms with Gasteiger partial charge in [-0.3, -0.25) is 10.1 Å². The van der Waals surface area contributed by atoms with Crippen molar-refractivity contribution in [3.8, 4) is 5.75 Å². The molecule has 2 aromatic heterocycles. The summed E-state index contributed by atoms with van der Waals surface area (Å²) in [5.74, 6) is -0.757. The van der Waals surface area contributed by atoms with Gasteiger partial charge >= 0.3 is 5.97 Å². The van der Waals surface area contributed by atoms with Crippen LogP contribution in [0.15, 0.2) is 54.6 Å². The van der Waals surface area contributed by atoms with E-state index in [0.717, 1.165) is 10.2 Å². The summed E-state index contributed by atoms with van der Waals surface area (Å²) >= 11 is 1.39. The Morgan fingerprint density at radius 2 is 1.84 bits per heavy atom. The lowest BCUT2D eigenvalue weighted by Crippen LogP contribution is -2.33. The lowest BCUT2D eigenvalue weighted by molar-refractivity contribution is 0.0690. The molecule has 9 heteroatoms. The highest BCUT2D eigenvalue weighted by atomic mass is 32.1. The second-order valence-electron chi connectivity index (χ2n) is 7.39. The van der Waals surface area contributed by atoms with Crippen molar-refractivity contribution < 1.29 is 19.8 Å². The van der Waals surface area contributed by atoms with Crippen LogP contribution in [-0.2, 0) is 13.0 Å². The number of hydrogen-bond donors (Lipinski definition) is 3. The zero-order valence-electron chi connectivity index (χ0n) is 16.8. The van der Waals surface area contributed by atoms with E-state index in [1.165, 1.54) is 23.5 Å². The monoisotopic (exact) mass is 446 g/mol. The van der Waals surface area contributed by atoms with Crippen molar-refractivity contribution in [3.63, 3.8) is 0 Å². The fraction of sp³-hybridized carbons (Fsp3) is 0.130. The van der Waals surface area contributed by atoms with Crippen molar-refractivity contribution in [2.75, 3.05) is 16.8 Å². The molecule has 0 atom stereocenters. The second kappa shape index (κ2) is 7.93. The number of carboxylic acids is 1. The fourth-order valence-corrected chi connectivity index (χ4v) is 4.73. The van der Waals surface area contributed by atoms with Crippen LogP contribution >= 0.6 is 11.3 Å². The van der Waals surface area contributed by atoms with E-state index in [9.17, 15) is 19.8 Å². The summed E-state index contributed by atoms with van der Waals surface area (Å²) in [4.78, 5) is 35.0. The normalized spacial score (nSPS) is 13.1. The fourth-order valence-electron chi connectivity index (χ4n) is 3.87. The molecule has 160 valence electrons. The number of benzene rings is 2. The Balaban J connectivity index is 1.46. The maximum atomic E-state index is 13.1. The van der Waals surface area contributed by atoms with Gasteiger partial charge in [-0.05, 0) is 48.4 Å². The number of rotatable bonds is 4. The Hall–Kier alpha value is -3.98. The molecule has 0 bridgehead atoms. The van der Waals surface area contributed by atoms with E-state index in [1.54, 1.807) is 18.2 Å². The minimum Gasteiger partial charge on any atom is -0.508 e. The van der Waals surface area contributed by atoms with Gasteiger partial charge in [0, 0.05) is 24.2 Å². The number of pyridine rings is 1. The number of carbonyl (C=O) groups excluding carboxylic acids is 1. The molecule has 0 aliphatic carbocycles. The number of phenolic OH excluding ortho intramolecular Hbond substituents is 1. The minimum absolute atomic E-state index is 0.0435. The molecule has 32 heavy (non-hydrogen) atoms. The van der Waals surface area contributed by atoms with Crippen molar-refractivity contribution >= 4 is 44.4 Å². The Bertz CT molecular complexity index is 1330. The quantitative estimate of drug-likeness (QED) is 0.435. The number of thiazole rings is 1. The van der Waals surface area contributed by atoms with Crippen LogP contribution in [0, 0.1) is 0 Å². The molecule has 2 aromatic carbocycles. The molecule has 0 unspecified atom stereocenters. The van der Waals surface area contributed by atoms with Crippen molar-refractivity contribution in [2.45, 2.75) is 13.0 Å². The highest BCUT2D eigenvalue weighted by molar-refractivity contribution is 7.22. The number of carbonyl (C=O) groups is 2. The van der Waals surface area contributed by atoms with Crippen LogP contribution in [0.5, 0.6) is 5.75 Å². The second-order valence-corrected chi connectivity index (χ2v) is 8.42. The first-order chi connectivity index (χ1) is 15.5. The number of aromatic nitrogens is 2. The van der Waals surface area contributed by atoms with Gasteiger partial charge in [0.1, 0.15) is 11.6 Å². The molecule has 0 saturated carbocycles. The van der Waals surface area contributed by atoms with Gasteiger partial charge in [0.2, 0.25) is 0 Å². The molecule has 3 heterocycles. The number of hydrogen-bond acceptors (Lipinski definition) is 7. The van der Waals surface area contributed by atoms with E-state index >= 15 is 0 Å². The molecule has 1 aliphatic heterocycles. The number of fused-ring (bicyclic) bond motifs is 2. The van der Waals surface area contributed by atoms with E-state index in [0.29, 0.717) is 47.2 Å². The summed E-state index contributed by atoms with van der Waals surface area (Å²) in [5.41, 5.74) is 2.62. The van der Waals surface area contributed by atoms with E-state index in [2.05, 4.69) is 15.3 Å². The van der Waals surface area contributed by atoms with Gasteiger partial charge in [0.15, 0.2) is 10.8 Å². The standard InChI is InChI=1S/C23H18N4O4S/c28-18-9-8-14(21(29)26-23-25-16-4-1-2-6-19(16)32-23)15-12-27(11-10-13(15)18)20-7-3-5-17(24-20)22(30)31/h1-9,28H,10-12H2,(H,30,31)(H,25,26,29). The van der Waals surface area contributed by atoms with Gasteiger partial charge < -0.3 is 15.1 Å². The van der Waals surface area contributed by atoms with Crippen LogP contribution in [0.25, 0.3) is 10.2 Å². The zero-order valence-corrected chi connectivity index (χ0v) is 17.6. The van der Waals surface area contributed by atoms with Gasteiger partial charge in [0.25, 0.3) is 5.91 Å². The summed E-state index contributed by atoms with van der Waals surface area (Å²) in [5, 5.41) is 23.0. The zero-order chi connectivity index (χ0) is 22.2. The number of phenols is 1. The number of amides is 1.